The van der Waals surface area contributed by atoms with E-state index >= 15 is 0 Å². The highest BCUT2D eigenvalue weighted by molar-refractivity contribution is 6.32. The first-order valence-electron chi connectivity index (χ1n) is 3.70. The van der Waals surface area contributed by atoms with Gasteiger partial charge in [-0.15, -0.1) is 0 Å². The monoisotopic (exact) mass is 189 g/mol. The summed E-state index contributed by atoms with van der Waals surface area (Å²) in [6.45, 7) is 2.41. The number of rotatable bonds is 3. The van der Waals surface area contributed by atoms with Crippen molar-refractivity contribution >= 4 is 17.4 Å². The van der Waals surface area contributed by atoms with Crippen LogP contribution < -0.4 is 5.32 Å². The van der Waals surface area contributed by atoms with Gasteiger partial charge in [-0.25, -0.2) is 4.98 Å². The summed E-state index contributed by atoms with van der Waals surface area (Å²) < 4.78 is 1.78. The summed E-state index contributed by atoms with van der Waals surface area (Å²) in [5.41, 5.74) is 0. The van der Waals surface area contributed by atoms with Crippen molar-refractivity contribution in [3.63, 3.8) is 0 Å². The van der Waals surface area contributed by atoms with E-state index in [1.807, 2.05) is 14.0 Å². The van der Waals surface area contributed by atoms with E-state index in [-0.39, 0.29) is 6.61 Å². The summed E-state index contributed by atoms with van der Waals surface area (Å²) in [7, 11) is 1.84. The second-order valence-corrected chi connectivity index (χ2v) is 2.87. The number of hydrogen-bond acceptors (Lipinski definition) is 3. The molecule has 0 aliphatic heterocycles. The second-order valence-electron chi connectivity index (χ2n) is 2.51. The first-order valence-corrected chi connectivity index (χ1v) is 4.08. The summed E-state index contributed by atoms with van der Waals surface area (Å²) in [5.74, 6) is 1.48. The molecule has 0 atom stereocenters. The molecule has 0 radical (unpaired) electrons. The molecule has 1 aromatic heterocycles. The largest absolute Gasteiger partial charge is 0.395 e. The average Bonchev–Trinajstić information content (AvgIpc) is 2.30. The van der Waals surface area contributed by atoms with Crippen LogP contribution in [0, 0.1) is 6.92 Å². The number of aliphatic hydroxyl groups is 1. The number of halogens is 1. The van der Waals surface area contributed by atoms with Crippen LogP contribution >= 0.6 is 11.6 Å². The smallest absolute Gasteiger partial charge is 0.164 e. The lowest BCUT2D eigenvalue weighted by Gasteiger charge is -1.99. The van der Waals surface area contributed by atoms with Gasteiger partial charge in [0.25, 0.3) is 0 Å². The lowest BCUT2D eigenvalue weighted by molar-refractivity contribution is 0.311. The Morgan fingerprint density at radius 2 is 2.33 bits per heavy atom. The van der Waals surface area contributed by atoms with Crippen molar-refractivity contribution in [1.82, 2.24) is 9.55 Å². The fourth-order valence-electron chi connectivity index (χ4n) is 0.871. The highest BCUT2D eigenvalue weighted by atomic mass is 35.5. The fraction of sp³-hybridized carbons (Fsp3) is 0.571. The summed E-state index contributed by atoms with van der Waals surface area (Å²) >= 11 is 5.91. The Hall–Kier alpha value is -0.740. The maximum atomic E-state index is 8.55. The lowest BCUT2D eigenvalue weighted by Crippen LogP contribution is -2.06. The first kappa shape index (κ1) is 9.35. The lowest BCUT2D eigenvalue weighted by atomic mass is 10.6. The van der Waals surface area contributed by atoms with Gasteiger partial charge in [0.2, 0.25) is 0 Å². The van der Waals surface area contributed by atoms with Gasteiger partial charge in [-0.2, -0.15) is 0 Å². The third-order valence-electron chi connectivity index (χ3n) is 1.65. The van der Waals surface area contributed by atoms with E-state index in [4.69, 9.17) is 16.7 Å². The Balaban J connectivity index is 2.79. The molecule has 0 aliphatic carbocycles. The molecule has 12 heavy (non-hydrogen) atoms. The van der Waals surface area contributed by atoms with E-state index in [0.29, 0.717) is 17.5 Å². The zero-order valence-corrected chi connectivity index (χ0v) is 7.89. The Morgan fingerprint density at radius 1 is 1.67 bits per heavy atom. The van der Waals surface area contributed by atoms with Crippen molar-refractivity contribution in [2.24, 2.45) is 7.05 Å². The van der Waals surface area contributed by atoms with Gasteiger partial charge in [0.15, 0.2) is 11.0 Å². The number of aromatic nitrogens is 2. The molecular weight excluding hydrogens is 178 g/mol. The minimum absolute atomic E-state index is 0.0753. The molecule has 2 N–H and O–H groups in total. The van der Waals surface area contributed by atoms with Crippen molar-refractivity contribution in [1.29, 1.82) is 0 Å². The molecule has 0 saturated carbocycles. The number of anilines is 1. The van der Waals surface area contributed by atoms with Crippen molar-refractivity contribution in [2.75, 3.05) is 18.5 Å². The minimum Gasteiger partial charge on any atom is -0.395 e. The third-order valence-corrected chi connectivity index (χ3v) is 2.09. The van der Waals surface area contributed by atoms with Gasteiger partial charge < -0.3 is 15.0 Å². The number of nitrogens with zero attached hydrogens (tertiary/aromatic N) is 2. The van der Waals surface area contributed by atoms with Crippen LogP contribution in [0.4, 0.5) is 5.82 Å². The number of aryl methyl sites for hydroxylation is 1. The molecule has 0 aliphatic rings. The molecule has 68 valence electrons. The third kappa shape index (κ3) is 1.70. The molecule has 0 unspecified atom stereocenters. The van der Waals surface area contributed by atoms with Crippen LogP contribution in [0.5, 0.6) is 0 Å². The van der Waals surface area contributed by atoms with Gasteiger partial charge in [0.05, 0.1) is 6.61 Å². The number of aliphatic hydroxyl groups excluding tert-OH is 1. The molecule has 1 heterocycles. The summed E-state index contributed by atoms with van der Waals surface area (Å²) in [5, 5.41) is 12.0. The Morgan fingerprint density at radius 3 is 2.75 bits per heavy atom. The van der Waals surface area contributed by atoms with Gasteiger partial charge >= 0.3 is 0 Å². The Bertz CT molecular complexity index is 272. The predicted molar refractivity (Wildman–Crippen MR) is 48.5 cm³/mol. The molecule has 0 fully saturated rings. The van der Waals surface area contributed by atoms with E-state index in [1.165, 1.54) is 0 Å². The van der Waals surface area contributed by atoms with Gasteiger partial charge in [-0.05, 0) is 6.92 Å². The zero-order chi connectivity index (χ0) is 9.14. The SMILES string of the molecule is Cc1nc(NCCO)c(Cl)n1C. The molecule has 0 saturated heterocycles. The summed E-state index contributed by atoms with van der Waals surface area (Å²) in [6.07, 6.45) is 0. The maximum absolute atomic E-state index is 8.55. The maximum Gasteiger partial charge on any atom is 0.164 e. The van der Waals surface area contributed by atoms with Crippen LogP contribution in [0.15, 0.2) is 0 Å². The molecule has 0 spiro atoms. The van der Waals surface area contributed by atoms with Crippen LogP contribution in [0.3, 0.4) is 0 Å². The standard InChI is InChI=1S/C7H12ClN3O/c1-5-10-7(9-3-4-12)6(8)11(5)2/h9,12H,3-4H2,1-2H3. The molecular formula is C7H12ClN3O. The first-order chi connectivity index (χ1) is 5.66. The summed E-state index contributed by atoms with van der Waals surface area (Å²) in [4.78, 5) is 4.16. The molecule has 4 nitrogen and oxygen atoms in total. The van der Waals surface area contributed by atoms with Crippen molar-refractivity contribution in [3.05, 3.63) is 11.0 Å². The van der Waals surface area contributed by atoms with Crippen LogP contribution in [0.25, 0.3) is 0 Å². The van der Waals surface area contributed by atoms with Gasteiger partial charge in [0.1, 0.15) is 5.82 Å². The van der Waals surface area contributed by atoms with Crippen LogP contribution in [0.2, 0.25) is 5.15 Å². The fourth-order valence-corrected chi connectivity index (χ4v) is 1.10. The quantitative estimate of drug-likeness (QED) is 0.739. The van der Waals surface area contributed by atoms with Crippen LogP contribution in [0.1, 0.15) is 5.82 Å². The Kier molecular flexibility index (Phi) is 2.94. The van der Waals surface area contributed by atoms with Crippen molar-refractivity contribution in [3.8, 4) is 0 Å². The molecule has 1 aromatic rings. The molecule has 0 aromatic carbocycles. The summed E-state index contributed by atoms with van der Waals surface area (Å²) in [6, 6.07) is 0. The van der Waals surface area contributed by atoms with Crippen LogP contribution in [-0.4, -0.2) is 27.8 Å². The Labute approximate surface area is 76.2 Å². The second kappa shape index (κ2) is 3.78. The van der Waals surface area contributed by atoms with Gasteiger partial charge in [-0.3, -0.25) is 0 Å². The van der Waals surface area contributed by atoms with Gasteiger partial charge in [-0.1, -0.05) is 11.6 Å². The topological polar surface area (TPSA) is 50.1 Å². The normalized spacial score (nSPS) is 10.3. The number of hydrogen-bond donors (Lipinski definition) is 2. The highest BCUT2D eigenvalue weighted by Crippen LogP contribution is 2.20. The average molecular weight is 190 g/mol. The zero-order valence-electron chi connectivity index (χ0n) is 7.13. The van der Waals surface area contributed by atoms with Crippen molar-refractivity contribution < 1.29 is 5.11 Å². The molecule has 0 bridgehead atoms. The number of nitrogens with one attached hydrogen (secondary N) is 1. The van der Waals surface area contributed by atoms with Gasteiger partial charge in [0, 0.05) is 13.6 Å². The highest BCUT2D eigenvalue weighted by Gasteiger charge is 2.07. The molecule has 5 heteroatoms. The van der Waals surface area contributed by atoms with Crippen LogP contribution in [-0.2, 0) is 7.05 Å². The molecule has 0 amide bonds. The number of imidazole rings is 1. The van der Waals surface area contributed by atoms with E-state index in [9.17, 15) is 0 Å². The minimum atomic E-state index is 0.0753. The van der Waals surface area contributed by atoms with E-state index in [2.05, 4.69) is 10.3 Å². The van der Waals surface area contributed by atoms with Crippen molar-refractivity contribution in [2.45, 2.75) is 6.92 Å². The van der Waals surface area contributed by atoms with E-state index in [0.717, 1.165) is 5.82 Å². The predicted octanol–water partition coefficient (Wildman–Crippen LogP) is 0.786. The van der Waals surface area contributed by atoms with E-state index < -0.39 is 0 Å². The molecule has 1 rings (SSSR count). The van der Waals surface area contributed by atoms with E-state index in [1.54, 1.807) is 4.57 Å².